The molecule has 3 heterocycles. The number of rotatable bonds is 9. The summed E-state index contributed by atoms with van der Waals surface area (Å²) in [5.41, 5.74) is 7.70. The number of aromatic nitrogens is 4. The molecule has 38 heavy (non-hydrogen) atoms. The maximum atomic E-state index is 12.8. The lowest BCUT2D eigenvalue weighted by Crippen LogP contribution is -2.14. The van der Waals surface area contributed by atoms with Crippen LogP contribution in [0.1, 0.15) is 16.0 Å². The number of nitrogens with zero attached hydrogens (tertiary/aromatic N) is 4. The Hall–Kier alpha value is -3.53. The third kappa shape index (κ3) is 5.50. The summed E-state index contributed by atoms with van der Waals surface area (Å²) in [6.45, 7) is 10.8. The first kappa shape index (κ1) is 26.1. The molecule has 0 unspecified atom stereocenters. The molecule has 5 rings (SSSR count). The minimum atomic E-state index is -0.137. The fourth-order valence-corrected chi connectivity index (χ4v) is 6.47. The molecule has 0 aliphatic rings. The van der Waals surface area contributed by atoms with E-state index in [1.165, 1.54) is 39.1 Å². The van der Waals surface area contributed by atoms with Crippen molar-refractivity contribution < 1.29 is 4.79 Å². The van der Waals surface area contributed by atoms with Crippen LogP contribution in [0, 0.1) is 20.8 Å². The highest BCUT2D eigenvalue weighted by atomic mass is 32.2. The molecule has 0 fully saturated rings. The van der Waals surface area contributed by atoms with Gasteiger partial charge in [-0.25, -0.2) is 4.98 Å². The SMILES string of the molecule is C=CCn1c(SCC(=O)Nc2nc(-c3ccc(C)c(C)c3)cs2)nnc1-c1csc(C)c1-c1ccccc1. The zero-order chi connectivity index (χ0) is 26.6. The number of thioether (sulfide) groups is 1. The number of hydrogen-bond acceptors (Lipinski definition) is 7. The van der Waals surface area contributed by atoms with E-state index in [-0.39, 0.29) is 11.7 Å². The first-order chi connectivity index (χ1) is 18.4. The monoisotopic (exact) mass is 557 g/mol. The topological polar surface area (TPSA) is 72.7 Å². The smallest absolute Gasteiger partial charge is 0.236 e. The maximum absolute atomic E-state index is 12.8. The normalized spacial score (nSPS) is 11.0. The zero-order valence-electron chi connectivity index (χ0n) is 21.4. The quantitative estimate of drug-likeness (QED) is 0.149. The Bertz CT molecular complexity index is 1600. The number of nitrogens with one attached hydrogen (secondary N) is 1. The van der Waals surface area contributed by atoms with Gasteiger partial charge in [-0.05, 0) is 43.5 Å². The molecule has 1 N–H and O–H groups in total. The van der Waals surface area contributed by atoms with Gasteiger partial charge in [-0.15, -0.1) is 39.4 Å². The first-order valence-electron chi connectivity index (χ1n) is 12.1. The highest BCUT2D eigenvalue weighted by molar-refractivity contribution is 7.99. The van der Waals surface area contributed by atoms with Gasteiger partial charge < -0.3 is 5.32 Å². The number of benzene rings is 2. The molecular weight excluding hydrogens is 531 g/mol. The molecule has 0 saturated carbocycles. The fourth-order valence-electron chi connectivity index (χ4n) is 4.12. The summed E-state index contributed by atoms with van der Waals surface area (Å²) in [6.07, 6.45) is 1.82. The van der Waals surface area contributed by atoms with Crippen molar-refractivity contribution in [2.45, 2.75) is 32.5 Å². The van der Waals surface area contributed by atoms with Gasteiger partial charge in [0.25, 0.3) is 0 Å². The molecule has 1 amide bonds. The minimum absolute atomic E-state index is 0.137. The van der Waals surface area contributed by atoms with Crippen LogP contribution in [0.3, 0.4) is 0 Å². The van der Waals surface area contributed by atoms with Crippen LogP contribution in [0.4, 0.5) is 5.13 Å². The Kier molecular flexibility index (Phi) is 7.87. The number of carbonyl (C=O) groups excluding carboxylic acids is 1. The van der Waals surface area contributed by atoms with Gasteiger partial charge in [-0.3, -0.25) is 9.36 Å². The van der Waals surface area contributed by atoms with Crippen molar-refractivity contribution in [1.29, 1.82) is 0 Å². The maximum Gasteiger partial charge on any atom is 0.236 e. The number of amides is 1. The fraction of sp³-hybridized carbons (Fsp3) is 0.172. The molecule has 0 aliphatic heterocycles. The van der Waals surface area contributed by atoms with E-state index in [0.29, 0.717) is 16.8 Å². The van der Waals surface area contributed by atoms with Crippen LogP contribution in [0.15, 0.2) is 77.1 Å². The number of carbonyl (C=O) groups is 1. The van der Waals surface area contributed by atoms with E-state index in [1.807, 2.05) is 34.2 Å². The molecule has 0 bridgehead atoms. The molecule has 0 spiro atoms. The van der Waals surface area contributed by atoms with Gasteiger partial charge in [0.1, 0.15) is 0 Å². The highest BCUT2D eigenvalue weighted by Gasteiger charge is 2.21. The van der Waals surface area contributed by atoms with Crippen LogP contribution in [0.25, 0.3) is 33.8 Å². The van der Waals surface area contributed by atoms with E-state index in [2.05, 4.69) is 83.6 Å². The summed E-state index contributed by atoms with van der Waals surface area (Å²) in [4.78, 5) is 18.6. The Morgan fingerprint density at radius 2 is 1.84 bits per heavy atom. The van der Waals surface area contributed by atoms with Crippen molar-refractivity contribution in [3.63, 3.8) is 0 Å². The number of hydrogen-bond donors (Lipinski definition) is 1. The van der Waals surface area contributed by atoms with Gasteiger partial charge >= 0.3 is 0 Å². The summed E-state index contributed by atoms with van der Waals surface area (Å²) < 4.78 is 2.01. The largest absolute Gasteiger partial charge is 0.301 e. The van der Waals surface area contributed by atoms with Gasteiger partial charge in [0.05, 0.1) is 11.4 Å². The molecule has 5 aromatic rings. The molecule has 0 radical (unpaired) electrons. The van der Waals surface area contributed by atoms with Crippen LogP contribution in [-0.4, -0.2) is 31.4 Å². The van der Waals surface area contributed by atoms with E-state index in [0.717, 1.165) is 33.8 Å². The van der Waals surface area contributed by atoms with Crippen LogP contribution in [0.2, 0.25) is 0 Å². The zero-order valence-corrected chi connectivity index (χ0v) is 23.8. The molecule has 6 nitrogen and oxygen atoms in total. The second kappa shape index (κ2) is 11.5. The molecule has 192 valence electrons. The number of allylic oxidation sites excluding steroid dienone is 1. The van der Waals surface area contributed by atoms with Crippen molar-refractivity contribution in [3.05, 3.63) is 88.0 Å². The van der Waals surface area contributed by atoms with Gasteiger partial charge in [-0.2, -0.15) is 0 Å². The van der Waals surface area contributed by atoms with Crippen molar-refractivity contribution in [3.8, 4) is 33.8 Å². The molecule has 0 atom stereocenters. The molecular formula is C29H27N5OS3. The van der Waals surface area contributed by atoms with Crippen LogP contribution < -0.4 is 5.32 Å². The lowest BCUT2D eigenvalue weighted by atomic mass is 10.0. The summed E-state index contributed by atoms with van der Waals surface area (Å²) in [5, 5.41) is 17.2. The third-order valence-corrected chi connectivity index (χ3v) is 8.83. The Morgan fingerprint density at radius 1 is 1.03 bits per heavy atom. The summed E-state index contributed by atoms with van der Waals surface area (Å²) in [7, 11) is 0. The second-order valence-corrected chi connectivity index (χ2v) is 11.7. The lowest BCUT2D eigenvalue weighted by molar-refractivity contribution is -0.113. The number of thiazole rings is 1. The first-order valence-corrected chi connectivity index (χ1v) is 14.8. The minimum Gasteiger partial charge on any atom is -0.301 e. The molecule has 9 heteroatoms. The van der Waals surface area contributed by atoms with Gasteiger partial charge in [0.2, 0.25) is 5.91 Å². The van der Waals surface area contributed by atoms with Crippen molar-refractivity contribution in [1.82, 2.24) is 19.7 Å². The summed E-state index contributed by atoms with van der Waals surface area (Å²) >= 11 is 4.47. The van der Waals surface area contributed by atoms with E-state index in [9.17, 15) is 4.79 Å². The van der Waals surface area contributed by atoms with E-state index >= 15 is 0 Å². The Labute approximate surface area is 234 Å². The van der Waals surface area contributed by atoms with Gasteiger partial charge in [0, 0.05) is 38.9 Å². The van der Waals surface area contributed by atoms with Gasteiger partial charge in [-0.1, -0.05) is 60.3 Å². The average Bonchev–Trinajstić information content (AvgIpc) is 3.64. The second-order valence-electron chi connectivity index (χ2n) is 8.83. The van der Waals surface area contributed by atoms with E-state index < -0.39 is 0 Å². The average molecular weight is 558 g/mol. The molecule has 0 saturated heterocycles. The van der Waals surface area contributed by atoms with Crippen LogP contribution in [0.5, 0.6) is 0 Å². The molecule has 0 aliphatic carbocycles. The van der Waals surface area contributed by atoms with E-state index in [4.69, 9.17) is 0 Å². The predicted molar refractivity (Wildman–Crippen MR) is 160 cm³/mol. The lowest BCUT2D eigenvalue weighted by Gasteiger charge is -2.09. The number of thiophene rings is 1. The van der Waals surface area contributed by atoms with Crippen molar-refractivity contribution >= 4 is 45.5 Å². The predicted octanol–water partition coefficient (Wildman–Crippen LogP) is 7.64. The van der Waals surface area contributed by atoms with E-state index in [1.54, 1.807) is 11.3 Å². The number of anilines is 1. The standard InChI is InChI=1S/C29H27N5OS3/c1-5-13-34-27(23-15-36-20(4)26(23)21-9-7-6-8-10-21)32-33-29(34)38-17-25(35)31-28-30-24(16-37-28)22-12-11-18(2)19(3)14-22/h5-12,14-16H,1,13,17H2,2-4H3,(H,30,31,35). The highest BCUT2D eigenvalue weighted by Crippen LogP contribution is 2.39. The van der Waals surface area contributed by atoms with Crippen LogP contribution >= 0.6 is 34.4 Å². The van der Waals surface area contributed by atoms with Gasteiger partial charge in [0.15, 0.2) is 16.1 Å². The molecule has 3 aromatic heterocycles. The summed E-state index contributed by atoms with van der Waals surface area (Å²) in [5.74, 6) is 0.832. The van der Waals surface area contributed by atoms with Crippen molar-refractivity contribution in [2.75, 3.05) is 11.1 Å². The number of aryl methyl sites for hydroxylation is 3. The van der Waals surface area contributed by atoms with Crippen LogP contribution in [-0.2, 0) is 11.3 Å². The Morgan fingerprint density at radius 3 is 2.61 bits per heavy atom. The summed E-state index contributed by atoms with van der Waals surface area (Å²) in [6, 6.07) is 16.6. The molecule has 2 aromatic carbocycles. The Balaban J connectivity index is 1.31. The van der Waals surface area contributed by atoms with Crippen molar-refractivity contribution in [2.24, 2.45) is 0 Å². The third-order valence-electron chi connectivity index (χ3n) is 6.19.